The van der Waals surface area contributed by atoms with Crippen molar-refractivity contribution in [3.8, 4) is 0 Å². The number of hydrogen-bond acceptors (Lipinski definition) is 3. The summed E-state index contributed by atoms with van der Waals surface area (Å²) >= 11 is 0. The van der Waals surface area contributed by atoms with E-state index in [9.17, 15) is 4.57 Å². The Morgan fingerprint density at radius 2 is 2.17 bits per heavy atom. The normalized spacial score (nSPS) is 31.2. The van der Waals surface area contributed by atoms with Gasteiger partial charge in [0.2, 0.25) is 0 Å². The minimum absolute atomic E-state index is 0.153. The lowest BCUT2D eigenvalue weighted by molar-refractivity contribution is 0.195. The van der Waals surface area contributed by atoms with E-state index >= 15 is 0 Å². The van der Waals surface area contributed by atoms with Crippen LogP contribution in [-0.2, 0) is 9.09 Å². The Morgan fingerprint density at radius 3 is 2.78 bits per heavy atom. The molecule has 0 bridgehead atoms. The van der Waals surface area contributed by atoms with E-state index in [1.807, 2.05) is 18.2 Å². The standard InChI is InChI=1S/C13H20NO3P/c1-18(15,16)17-10-13(14)8-7-12(9-13)11-5-3-2-4-6-11/h2-6,12H,7-10,14H2,1H3,(H,15,16). The fourth-order valence-electron chi connectivity index (χ4n) is 2.55. The van der Waals surface area contributed by atoms with Gasteiger partial charge in [0.25, 0.3) is 0 Å². The van der Waals surface area contributed by atoms with E-state index in [-0.39, 0.29) is 6.61 Å². The molecule has 0 aromatic heterocycles. The predicted molar refractivity (Wildman–Crippen MR) is 71.7 cm³/mol. The van der Waals surface area contributed by atoms with Gasteiger partial charge in [0, 0.05) is 12.2 Å². The van der Waals surface area contributed by atoms with Gasteiger partial charge in [-0.2, -0.15) is 0 Å². The molecule has 1 aromatic rings. The van der Waals surface area contributed by atoms with E-state index in [1.54, 1.807) is 0 Å². The molecule has 18 heavy (non-hydrogen) atoms. The van der Waals surface area contributed by atoms with Gasteiger partial charge in [-0.05, 0) is 30.7 Å². The molecule has 1 saturated carbocycles. The van der Waals surface area contributed by atoms with Crippen molar-refractivity contribution in [2.45, 2.75) is 30.7 Å². The van der Waals surface area contributed by atoms with Gasteiger partial charge in [0.1, 0.15) is 0 Å². The van der Waals surface area contributed by atoms with Gasteiger partial charge in [0.05, 0.1) is 6.61 Å². The zero-order chi connectivity index (χ0) is 13.2. The maximum absolute atomic E-state index is 11.1. The molecule has 0 amide bonds. The Hall–Kier alpha value is -0.670. The first-order valence-corrected chi connectivity index (χ1v) is 8.19. The van der Waals surface area contributed by atoms with E-state index in [0.717, 1.165) is 19.3 Å². The molecule has 1 aliphatic carbocycles. The second kappa shape index (κ2) is 5.14. The van der Waals surface area contributed by atoms with Gasteiger partial charge >= 0.3 is 7.60 Å². The highest BCUT2D eigenvalue weighted by atomic mass is 31.2. The molecular weight excluding hydrogens is 249 g/mol. The first-order chi connectivity index (χ1) is 8.38. The van der Waals surface area contributed by atoms with Crippen LogP contribution < -0.4 is 5.73 Å². The summed E-state index contributed by atoms with van der Waals surface area (Å²) in [7, 11) is -3.43. The predicted octanol–water partition coefficient (Wildman–Crippen LogP) is 2.48. The topological polar surface area (TPSA) is 72.5 Å². The molecule has 3 atom stereocenters. The smallest absolute Gasteiger partial charge is 0.324 e. The summed E-state index contributed by atoms with van der Waals surface area (Å²) in [4.78, 5) is 9.15. The Morgan fingerprint density at radius 1 is 1.50 bits per heavy atom. The summed E-state index contributed by atoms with van der Waals surface area (Å²) in [6, 6.07) is 10.3. The number of hydrogen-bond donors (Lipinski definition) is 2. The van der Waals surface area contributed by atoms with E-state index in [1.165, 1.54) is 12.2 Å². The van der Waals surface area contributed by atoms with Crippen LogP contribution in [0, 0.1) is 0 Å². The van der Waals surface area contributed by atoms with E-state index in [4.69, 9.17) is 15.2 Å². The van der Waals surface area contributed by atoms with Crippen molar-refractivity contribution in [3.63, 3.8) is 0 Å². The molecule has 5 heteroatoms. The first kappa shape index (κ1) is 13.8. The van der Waals surface area contributed by atoms with Gasteiger partial charge in [-0.15, -0.1) is 0 Å². The van der Waals surface area contributed by atoms with Crippen molar-refractivity contribution >= 4 is 7.60 Å². The van der Waals surface area contributed by atoms with Gasteiger partial charge < -0.3 is 15.2 Å². The van der Waals surface area contributed by atoms with Gasteiger partial charge in [0.15, 0.2) is 0 Å². The average Bonchev–Trinajstić information content (AvgIpc) is 2.71. The number of rotatable bonds is 4. The first-order valence-electron chi connectivity index (χ1n) is 6.17. The molecule has 0 radical (unpaired) electrons. The molecule has 0 spiro atoms. The summed E-state index contributed by atoms with van der Waals surface area (Å²) in [5, 5.41) is 0. The highest BCUT2D eigenvalue weighted by molar-refractivity contribution is 7.51. The molecule has 0 aliphatic heterocycles. The summed E-state index contributed by atoms with van der Waals surface area (Å²) in [6.07, 6.45) is 2.63. The van der Waals surface area contributed by atoms with Crippen LogP contribution in [0.1, 0.15) is 30.7 Å². The molecule has 3 N–H and O–H groups in total. The van der Waals surface area contributed by atoms with Gasteiger partial charge in [-0.25, -0.2) is 0 Å². The largest absolute Gasteiger partial charge is 0.325 e. The lowest BCUT2D eigenvalue weighted by atomic mass is 9.94. The molecule has 100 valence electrons. The zero-order valence-electron chi connectivity index (χ0n) is 10.6. The Kier molecular flexibility index (Phi) is 3.93. The van der Waals surface area contributed by atoms with Crippen LogP contribution in [0.2, 0.25) is 0 Å². The summed E-state index contributed by atoms with van der Waals surface area (Å²) in [5.74, 6) is 0.426. The van der Waals surface area contributed by atoms with Crippen molar-refractivity contribution in [3.05, 3.63) is 35.9 Å². The molecule has 2 rings (SSSR count). The Bertz CT molecular complexity index is 445. The van der Waals surface area contributed by atoms with Crippen LogP contribution in [-0.4, -0.2) is 23.7 Å². The van der Waals surface area contributed by atoms with Crippen molar-refractivity contribution in [2.24, 2.45) is 5.73 Å². The number of benzene rings is 1. The quantitative estimate of drug-likeness (QED) is 0.824. The fourth-order valence-corrected chi connectivity index (χ4v) is 3.04. The molecule has 4 nitrogen and oxygen atoms in total. The molecule has 1 aliphatic rings. The van der Waals surface area contributed by atoms with E-state index in [2.05, 4.69) is 12.1 Å². The minimum Gasteiger partial charge on any atom is -0.324 e. The second-order valence-corrected chi connectivity index (χ2v) is 7.15. The lowest BCUT2D eigenvalue weighted by Crippen LogP contribution is -2.41. The number of nitrogens with two attached hydrogens (primary N) is 1. The molecule has 1 fully saturated rings. The third kappa shape index (κ3) is 3.66. The van der Waals surface area contributed by atoms with Gasteiger partial charge in [-0.3, -0.25) is 4.57 Å². The third-order valence-corrected chi connectivity index (χ3v) is 4.11. The van der Waals surface area contributed by atoms with Crippen LogP contribution in [0.25, 0.3) is 0 Å². The summed E-state index contributed by atoms with van der Waals surface area (Å²) < 4.78 is 16.1. The van der Waals surface area contributed by atoms with Crippen molar-refractivity contribution in [2.75, 3.05) is 13.3 Å². The molecule has 1 aromatic carbocycles. The van der Waals surface area contributed by atoms with Gasteiger partial charge in [-0.1, -0.05) is 30.3 Å². The highest BCUT2D eigenvalue weighted by Crippen LogP contribution is 2.43. The Balaban J connectivity index is 1.97. The SMILES string of the molecule is CP(=O)(O)OCC1(N)CCC(c2ccccc2)C1. The maximum atomic E-state index is 11.1. The van der Waals surface area contributed by atoms with Crippen LogP contribution in [0.4, 0.5) is 0 Å². The fraction of sp³-hybridized carbons (Fsp3) is 0.538. The molecule has 3 unspecified atom stereocenters. The third-order valence-electron chi connectivity index (χ3n) is 3.51. The van der Waals surface area contributed by atoms with Crippen molar-refractivity contribution in [1.82, 2.24) is 0 Å². The average molecular weight is 269 g/mol. The lowest BCUT2D eigenvalue weighted by Gasteiger charge is -2.24. The zero-order valence-corrected chi connectivity index (χ0v) is 11.5. The van der Waals surface area contributed by atoms with Crippen molar-refractivity contribution < 1.29 is 14.0 Å². The second-order valence-electron chi connectivity index (χ2n) is 5.29. The summed E-state index contributed by atoms with van der Waals surface area (Å²) in [5.41, 5.74) is 7.05. The maximum Gasteiger partial charge on any atom is 0.325 e. The summed E-state index contributed by atoms with van der Waals surface area (Å²) in [6.45, 7) is 1.35. The monoisotopic (exact) mass is 269 g/mol. The molecule has 0 heterocycles. The van der Waals surface area contributed by atoms with E-state index < -0.39 is 13.1 Å². The Labute approximate surface area is 108 Å². The van der Waals surface area contributed by atoms with E-state index in [0.29, 0.717) is 5.92 Å². The minimum atomic E-state index is -3.43. The van der Waals surface area contributed by atoms with Crippen LogP contribution in [0.5, 0.6) is 0 Å². The molecular formula is C13H20NO3P. The van der Waals surface area contributed by atoms with Crippen LogP contribution in [0.15, 0.2) is 30.3 Å². The highest BCUT2D eigenvalue weighted by Gasteiger charge is 2.37. The molecule has 0 saturated heterocycles. The van der Waals surface area contributed by atoms with Crippen molar-refractivity contribution in [1.29, 1.82) is 0 Å². The van der Waals surface area contributed by atoms with Crippen LogP contribution in [0.3, 0.4) is 0 Å². The van der Waals surface area contributed by atoms with Crippen LogP contribution >= 0.6 is 7.60 Å².